The maximum atomic E-state index is 13.6. The molecule has 2 aromatic rings. The van der Waals surface area contributed by atoms with Crippen molar-refractivity contribution in [3.05, 3.63) is 58.9 Å². The summed E-state index contributed by atoms with van der Waals surface area (Å²) in [6.45, 7) is 1.48. The predicted octanol–water partition coefficient (Wildman–Crippen LogP) is 3.93. The zero-order chi connectivity index (χ0) is 18.7. The Morgan fingerprint density at radius 3 is 2.81 bits per heavy atom. The lowest BCUT2D eigenvalue weighted by atomic mass is 10.0. The minimum absolute atomic E-state index is 0.0666. The first-order valence-corrected chi connectivity index (χ1v) is 9.36. The quantitative estimate of drug-likeness (QED) is 0.807. The van der Waals surface area contributed by atoms with Gasteiger partial charge in [0.15, 0.2) is 5.78 Å². The molecule has 0 saturated carbocycles. The molecule has 1 aliphatic rings. The molecule has 6 heteroatoms. The third kappa shape index (κ3) is 4.07. The Labute approximate surface area is 156 Å². The van der Waals surface area contributed by atoms with Crippen molar-refractivity contribution in [1.29, 1.82) is 0 Å². The molecule has 1 unspecified atom stereocenters. The van der Waals surface area contributed by atoms with Crippen LogP contribution in [0.3, 0.4) is 0 Å². The van der Waals surface area contributed by atoms with Gasteiger partial charge in [-0.1, -0.05) is 0 Å². The van der Waals surface area contributed by atoms with Crippen LogP contribution in [0.4, 0.5) is 4.39 Å². The molecule has 0 radical (unpaired) electrons. The van der Waals surface area contributed by atoms with Crippen LogP contribution in [0.5, 0.6) is 5.75 Å². The standard InChI is InChI=1S/C20H20FNO3S/c1-12(23)13-3-5-18(25-2)14(9-13)10-20(24)22-17-7-8-26-19-6-4-15(21)11-16(17)19/h3-6,9,11,17H,7-8,10H2,1-2H3,(H,22,24). The molecule has 4 nitrogen and oxygen atoms in total. The third-order valence-electron chi connectivity index (χ3n) is 4.38. The van der Waals surface area contributed by atoms with E-state index in [0.29, 0.717) is 16.9 Å². The first-order chi connectivity index (χ1) is 12.5. The molecule has 1 N–H and O–H groups in total. The average Bonchev–Trinajstić information content (AvgIpc) is 2.62. The van der Waals surface area contributed by atoms with Crippen molar-refractivity contribution in [3.63, 3.8) is 0 Å². The molecule has 3 rings (SSSR count). The van der Waals surface area contributed by atoms with Gasteiger partial charge in [0.1, 0.15) is 11.6 Å². The van der Waals surface area contributed by atoms with Gasteiger partial charge in [-0.05, 0) is 55.3 Å². The number of amides is 1. The van der Waals surface area contributed by atoms with Gasteiger partial charge >= 0.3 is 0 Å². The van der Waals surface area contributed by atoms with Gasteiger partial charge in [0.25, 0.3) is 0 Å². The number of methoxy groups -OCH3 is 1. The van der Waals surface area contributed by atoms with Crippen LogP contribution in [0.25, 0.3) is 0 Å². The molecule has 0 bridgehead atoms. The number of carbonyl (C=O) groups excluding carboxylic acids is 2. The molecule has 136 valence electrons. The van der Waals surface area contributed by atoms with E-state index in [2.05, 4.69) is 5.32 Å². The van der Waals surface area contributed by atoms with Crippen molar-refractivity contribution in [2.24, 2.45) is 0 Å². The summed E-state index contributed by atoms with van der Waals surface area (Å²) in [6.07, 6.45) is 0.843. The number of Topliss-reactive ketones (excluding diaryl/α,β-unsaturated/α-hetero) is 1. The number of halogens is 1. The Morgan fingerprint density at radius 2 is 2.08 bits per heavy atom. The Balaban J connectivity index is 1.77. The Bertz CT molecular complexity index is 853. The van der Waals surface area contributed by atoms with E-state index in [4.69, 9.17) is 4.74 Å². The maximum Gasteiger partial charge on any atom is 0.225 e. The molecule has 1 amide bonds. The van der Waals surface area contributed by atoms with Crippen molar-refractivity contribution in [3.8, 4) is 5.75 Å². The highest BCUT2D eigenvalue weighted by Gasteiger charge is 2.23. The average molecular weight is 373 g/mol. The Hall–Kier alpha value is -2.34. The number of rotatable bonds is 5. The molecule has 0 aromatic heterocycles. The zero-order valence-electron chi connectivity index (χ0n) is 14.7. The monoisotopic (exact) mass is 373 g/mol. The Morgan fingerprint density at radius 1 is 1.27 bits per heavy atom. The minimum atomic E-state index is -0.304. The number of ketones is 1. The van der Waals surface area contributed by atoms with Gasteiger partial charge in [0.2, 0.25) is 5.91 Å². The topological polar surface area (TPSA) is 55.4 Å². The van der Waals surface area contributed by atoms with Crippen LogP contribution in [0.2, 0.25) is 0 Å². The molecule has 2 aromatic carbocycles. The van der Waals surface area contributed by atoms with Gasteiger partial charge in [-0.3, -0.25) is 9.59 Å². The van der Waals surface area contributed by atoms with Gasteiger partial charge < -0.3 is 10.1 Å². The SMILES string of the molecule is COc1ccc(C(C)=O)cc1CC(=O)NC1CCSc2ccc(F)cc21. The van der Waals surface area contributed by atoms with E-state index in [1.807, 2.05) is 0 Å². The summed E-state index contributed by atoms with van der Waals surface area (Å²) in [5.74, 6) is 0.878. The fourth-order valence-electron chi connectivity index (χ4n) is 3.07. The molecule has 0 aliphatic carbocycles. The summed E-state index contributed by atoms with van der Waals surface area (Å²) < 4.78 is 18.9. The molecule has 0 fully saturated rings. The van der Waals surface area contributed by atoms with E-state index in [0.717, 1.165) is 22.6 Å². The number of fused-ring (bicyclic) bond motifs is 1. The van der Waals surface area contributed by atoms with Crippen LogP contribution in [-0.2, 0) is 11.2 Å². The van der Waals surface area contributed by atoms with Crippen LogP contribution in [-0.4, -0.2) is 24.6 Å². The summed E-state index contributed by atoms with van der Waals surface area (Å²) in [7, 11) is 1.53. The van der Waals surface area contributed by atoms with Gasteiger partial charge in [0.05, 0.1) is 19.6 Å². The number of thioether (sulfide) groups is 1. The number of benzene rings is 2. The smallest absolute Gasteiger partial charge is 0.225 e. The lowest BCUT2D eigenvalue weighted by Crippen LogP contribution is -2.32. The van der Waals surface area contributed by atoms with Crippen molar-refractivity contribution in [2.45, 2.75) is 30.7 Å². The van der Waals surface area contributed by atoms with Crippen LogP contribution in [0.15, 0.2) is 41.3 Å². The van der Waals surface area contributed by atoms with Gasteiger partial charge in [0, 0.05) is 21.8 Å². The van der Waals surface area contributed by atoms with Crippen LogP contribution >= 0.6 is 11.8 Å². The zero-order valence-corrected chi connectivity index (χ0v) is 15.5. The first kappa shape index (κ1) is 18.5. The second kappa shape index (κ2) is 7.91. The molecular weight excluding hydrogens is 353 g/mol. The molecule has 0 spiro atoms. The van der Waals surface area contributed by atoms with Crippen LogP contribution in [0.1, 0.15) is 40.9 Å². The van der Waals surface area contributed by atoms with E-state index in [9.17, 15) is 14.0 Å². The number of hydrogen-bond donors (Lipinski definition) is 1. The first-order valence-electron chi connectivity index (χ1n) is 8.37. The molecule has 0 saturated heterocycles. The molecule has 1 atom stereocenters. The summed E-state index contributed by atoms with van der Waals surface area (Å²) >= 11 is 1.67. The van der Waals surface area contributed by atoms with E-state index >= 15 is 0 Å². The highest BCUT2D eigenvalue weighted by molar-refractivity contribution is 7.99. The summed E-state index contributed by atoms with van der Waals surface area (Å²) in [5, 5.41) is 2.99. The van der Waals surface area contributed by atoms with Crippen molar-refractivity contribution in [2.75, 3.05) is 12.9 Å². The normalized spacial score (nSPS) is 15.9. The number of nitrogens with one attached hydrogen (secondary N) is 1. The predicted molar refractivity (Wildman–Crippen MR) is 99.3 cm³/mol. The second-order valence-electron chi connectivity index (χ2n) is 6.20. The Kier molecular flexibility index (Phi) is 5.61. The van der Waals surface area contributed by atoms with Gasteiger partial charge in [-0.2, -0.15) is 0 Å². The molecule has 1 aliphatic heterocycles. The van der Waals surface area contributed by atoms with Gasteiger partial charge in [-0.15, -0.1) is 11.8 Å². The van der Waals surface area contributed by atoms with E-state index < -0.39 is 0 Å². The second-order valence-corrected chi connectivity index (χ2v) is 7.34. The van der Waals surface area contributed by atoms with Crippen molar-refractivity contribution >= 4 is 23.5 Å². The maximum absolute atomic E-state index is 13.6. The van der Waals surface area contributed by atoms with Crippen LogP contribution in [0, 0.1) is 5.82 Å². The van der Waals surface area contributed by atoms with Gasteiger partial charge in [-0.25, -0.2) is 4.39 Å². The van der Waals surface area contributed by atoms with Crippen LogP contribution < -0.4 is 10.1 Å². The highest BCUT2D eigenvalue weighted by atomic mass is 32.2. The van der Waals surface area contributed by atoms with E-state index in [-0.39, 0.29) is 30.0 Å². The van der Waals surface area contributed by atoms with E-state index in [1.54, 1.807) is 36.0 Å². The molecular formula is C20H20FNO3S. The number of hydrogen-bond acceptors (Lipinski definition) is 4. The fourth-order valence-corrected chi connectivity index (χ4v) is 4.17. The molecule has 26 heavy (non-hydrogen) atoms. The van der Waals surface area contributed by atoms with E-state index in [1.165, 1.54) is 26.2 Å². The molecule has 1 heterocycles. The lowest BCUT2D eigenvalue weighted by molar-refractivity contribution is -0.121. The summed E-state index contributed by atoms with van der Waals surface area (Å²) in [5.41, 5.74) is 2.01. The largest absolute Gasteiger partial charge is 0.496 e. The van der Waals surface area contributed by atoms with Crippen molar-refractivity contribution < 1.29 is 18.7 Å². The third-order valence-corrected chi connectivity index (χ3v) is 5.51. The summed E-state index contributed by atoms with van der Waals surface area (Å²) in [4.78, 5) is 25.2. The van der Waals surface area contributed by atoms with Crippen molar-refractivity contribution in [1.82, 2.24) is 5.32 Å². The lowest BCUT2D eigenvalue weighted by Gasteiger charge is -2.26. The highest BCUT2D eigenvalue weighted by Crippen LogP contribution is 2.36. The summed E-state index contributed by atoms with van der Waals surface area (Å²) in [6, 6.07) is 9.54. The fraction of sp³-hybridized carbons (Fsp3) is 0.300. The number of ether oxygens (including phenoxy) is 1. The number of carbonyl (C=O) groups is 2. The minimum Gasteiger partial charge on any atom is -0.496 e.